The van der Waals surface area contributed by atoms with Crippen molar-refractivity contribution in [1.82, 2.24) is 15.3 Å². The molecule has 0 saturated carbocycles. The molecule has 6 heteroatoms. The zero-order chi connectivity index (χ0) is 14.4. The molecule has 0 aliphatic rings. The van der Waals surface area contributed by atoms with Crippen molar-refractivity contribution in [3.05, 3.63) is 47.9 Å². The molecular weight excluding hydrogens is 264 g/mol. The molecule has 0 fully saturated rings. The first kappa shape index (κ1) is 14.3. The summed E-state index contributed by atoms with van der Waals surface area (Å²) in [6, 6.07) is 2.99. The van der Waals surface area contributed by atoms with Crippen LogP contribution in [0.1, 0.15) is 19.0 Å². The molecule has 0 unspecified atom stereocenters. The molecule has 1 aromatic heterocycles. The Morgan fingerprint density at radius 3 is 2.75 bits per heavy atom. The lowest BCUT2D eigenvalue weighted by Gasteiger charge is -2.06. The van der Waals surface area contributed by atoms with Gasteiger partial charge in [0, 0.05) is 12.6 Å². The molecule has 1 N–H and O–H groups in total. The van der Waals surface area contributed by atoms with Gasteiger partial charge < -0.3 is 10.1 Å². The van der Waals surface area contributed by atoms with E-state index in [2.05, 4.69) is 22.2 Å². The quantitative estimate of drug-likeness (QED) is 0.826. The van der Waals surface area contributed by atoms with Crippen LogP contribution in [-0.4, -0.2) is 16.5 Å². The number of nitrogens with zero attached hydrogens (tertiary/aromatic N) is 2. The number of halogens is 2. The molecule has 106 valence electrons. The Balaban J connectivity index is 2.01. The zero-order valence-electron chi connectivity index (χ0n) is 11.1. The smallest absolute Gasteiger partial charge is 0.237 e. The fourth-order valence-corrected chi connectivity index (χ4v) is 1.55. The summed E-state index contributed by atoms with van der Waals surface area (Å²) < 4.78 is 31.5. The van der Waals surface area contributed by atoms with Gasteiger partial charge in [0.25, 0.3) is 0 Å². The van der Waals surface area contributed by atoms with E-state index in [1.165, 1.54) is 12.4 Å². The third kappa shape index (κ3) is 3.96. The van der Waals surface area contributed by atoms with E-state index in [9.17, 15) is 8.78 Å². The summed E-state index contributed by atoms with van der Waals surface area (Å²) in [6.07, 6.45) is 3.95. The molecule has 2 rings (SSSR count). The van der Waals surface area contributed by atoms with E-state index < -0.39 is 11.6 Å². The van der Waals surface area contributed by atoms with Gasteiger partial charge in [-0.1, -0.05) is 6.92 Å². The highest BCUT2D eigenvalue weighted by Crippen LogP contribution is 2.23. The van der Waals surface area contributed by atoms with Crippen LogP contribution in [-0.2, 0) is 6.54 Å². The fraction of sp³-hybridized carbons (Fsp3) is 0.286. The number of benzene rings is 1. The van der Waals surface area contributed by atoms with Gasteiger partial charge in [-0.25, -0.2) is 13.8 Å². The molecule has 0 amide bonds. The molecular formula is C14H15F2N3O. The maximum Gasteiger partial charge on any atom is 0.237 e. The Morgan fingerprint density at radius 2 is 2.05 bits per heavy atom. The van der Waals surface area contributed by atoms with E-state index in [0.29, 0.717) is 6.54 Å². The lowest BCUT2D eigenvalue weighted by Crippen LogP contribution is -2.14. The number of hydrogen-bond donors (Lipinski definition) is 1. The predicted octanol–water partition coefficient (Wildman–Crippen LogP) is 3.05. The maximum atomic E-state index is 13.4. The van der Waals surface area contributed by atoms with E-state index in [1.54, 1.807) is 0 Å². The monoisotopic (exact) mass is 279 g/mol. The fourth-order valence-electron chi connectivity index (χ4n) is 1.55. The van der Waals surface area contributed by atoms with E-state index >= 15 is 0 Å². The Bertz CT molecular complexity index is 561. The van der Waals surface area contributed by atoms with Crippen LogP contribution < -0.4 is 10.1 Å². The predicted molar refractivity (Wildman–Crippen MR) is 70.5 cm³/mol. The van der Waals surface area contributed by atoms with Crippen LogP contribution in [0.5, 0.6) is 11.6 Å². The third-order valence-corrected chi connectivity index (χ3v) is 2.52. The number of ether oxygens (including phenoxy) is 1. The highest BCUT2D eigenvalue weighted by molar-refractivity contribution is 5.28. The average Bonchev–Trinajstić information content (AvgIpc) is 2.45. The van der Waals surface area contributed by atoms with E-state index in [4.69, 9.17) is 4.74 Å². The van der Waals surface area contributed by atoms with Crippen LogP contribution in [0, 0.1) is 11.6 Å². The van der Waals surface area contributed by atoms with Crippen LogP contribution in [0.15, 0.2) is 30.6 Å². The average molecular weight is 279 g/mol. The van der Waals surface area contributed by atoms with Crippen LogP contribution in [0.4, 0.5) is 8.78 Å². The summed E-state index contributed by atoms with van der Waals surface area (Å²) in [6.45, 7) is 3.58. The van der Waals surface area contributed by atoms with Crippen molar-refractivity contribution in [2.75, 3.05) is 6.54 Å². The molecule has 4 nitrogen and oxygen atoms in total. The first-order valence-electron chi connectivity index (χ1n) is 6.33. The van der Waals surface area contributed by atoms with Gasteiger partial charge in [0.05, 0.1) is 18.1 Å². The molecule has 0 atom stereocenters. The van der Waals surface area contributed by atoms with Crippen LogP contribution in [0.3, 0.4) is 0 Å². The van der Waals surface area contributed by atoms with E-state index in [0.717, 1.165) is 36.9 Å². The topological polar surface area (TPSA) is 47.0 Å². The molecule has 0 radical (unpaired) electrons. The van der Waals surface area contributed by atoms with Crippen LogP contribution in [0.2, 0.25) is 0 Å². The van der Waals surface area contributed by atoms with Crippen molar-refractivity contribution in [3.8, 4) is 11.6 Å². The minimum absolute atomic E-state index is 0.119. The van der Waals surface area contributed by atoms with E-state index in [-0.39, 0.29) is 11.6 Å². The van der Waals surface area contributed by atoms with E-state index in [1.807, 2.05) is 0 Å². The van der Waals surface area contributed by atoms with Crippen LogP contribution >= 0.6 is 0 Å². The summed E-state index contributed by atoms with van der Waals surface area (Å²) in [5.41, 5.74) is 0.755. The van der Waals surface area contributed by atoms with Crippen molar-refractivity contribution >= 4 is 0 Å². The van der Waals surface area contributed by atoms with Gasteiger partial charge in [-0.05, 0) is 25.1 Å². The minimum Gasteiger partial charge on any atom is -0.434 e. The summed E-state index contributed by atoms with van der Waals surface area (Å²) >= 11 is 0. The second-order valence-electron chi connectivity index (χ2n) is 4.20. The number of nitrogens with one attached hydrogen (secondary N) is 1. The first-order valence-corrected chi connectivity index (χ1v) is 6.33. The maximum absolute atomic E-state index is 13.4. The molecule has 1 aromatic carbocycles. The second-order valence-corrected chi connectivity index (χ2v) is 4.20. The van der Waals surface area contributed by atoms with Crippen molar-refractivity contribution in [2.24, 2.45) is 0 Å². The van der Waals surface area contributed by atoms with Crippen LogP contribution in [0.25, 0.3) is 0 Å². The molecule has 2 aromatic rings. The highest BCUT2D eigenvalue weighted by Gasteiger charge is 2.07. The van der Waals surface area contributed by atoms with Gasteiger partial charge >= 0.3 is 0 Å². The van der Waals surface area contributed by atoms with Gasteiger partial charge in [0.2, 0.25) is 5.88 Å². The Hall–Kier alpha value is -2.08. The normalized spacial score (nSPS) is 10.6. The largest absolute Gasteiger partial charge is 0.434 e. The summed E-state index contributed by atoms with van der Waals surface area (Å²) in [5, 5.41) is 3.18. The lowest BCUT2D eigenvalue weighted by molar-refractivity contribution is 0.419. The second kappa shape index (κ2) is 6.91. The Labute approximate surface area is 115 Å². The molecule has 1 heterocycles. The van der Waals surface area contributed by atoms with Gasteiger partial charge in [-0.15, -0.1) is 0 Å². The number of hydrogen-bond acceptors (Lipinski definition) is 4. The first-order chi connectivity index (χ1) is 9.69. The van der Waals surface area contributed by atoms with Crippen molar-refractivity contribution in [3.63, 3.8) is 0 Å². The molecule has 0 saturated heterocycles. The molecule has 0 aliphatic heterocycles. The zero-order valence-corrected chi connectivity index (χ0v) is 11.1. The summed E-state index contributed by atoms with van der Waals surface area (Å²) in [4.78, 5) is 8.14. The molecule has 20 heavy (non-hydrogen) atoms. The SMILES string of the molecule is CCCNCc1cnc(Oc2cc(F)ccc2F)cn1. The summed E-state index contributed by atoms with van der Waals surface area (Å²) in [5.74, 6) is -1.32. The molecule has 0 aliphatic carbocycles. The Kier molecular flexibility index (Phi) is 4.95. The third-order valence-electron chi connectivity index (χ3n) is 2.52. The van der Waals surface area contributed by atoms with Gasteiger partial charge in [0.1, 0.15) is 5.82 Å². The standard InChI is InChI=1S/C14H15F2N3O/c1-2-5-17-7-11-8-19-14(9-18-11)20-13-6-10(15)3-4-12(13)16/h3-4,6,8-9,17H,2,5,7H2,1H3. The molecule has 0 spiro atoms. The van der Waals surface area contributed by atoms with Gasteiger partial charge in [0.15, 0.2) is 11.6 Å². The minimum atomic E-state index is -0.651. The highest BCUT2D eigenvalue weighted by atomic mass is 19.1. The van der Waals surface area contributed by atoms with Gasteiger partial charge in [-0.2, -0.15) is 0 Å². The lowest BCUT2D eigenvalue weighted by atomic mass is 10.3. The number of rotatable bonds is 6. The van der Waals surface area contributed by atoms with Crippen molar-refractivity contribution in [1.29, 1.82) is 0 Å². The van der Waals surface area contributed by atoms with Gasteiger partial charge in [-0.3, -0.25) is 4.98 Å². The van der Waals surface area contributed by atoms with Crippen molar-refractivity contribution in [2.45, 2.75) is 19.9 Å². The Morgan fingerprint density at radius 1 is 1.20 bits per heavy atom. The van der Waals surface area contributed by atoms with Crippen molar-refractivity contribution < 1.29 is 13.5 Å². The number of aromatic nitrogens is 2. The molecule has 0 bridgehead atoms. The summed E-state index contributed by atoms with van der Waals surface area (Å²) in [7, 11) is 0.